The molecule has 2 aromatic rings. The van der Waals surface area contributed by atoms with Crippen LogP contribution in [0.4, 0.5) is 5.82 Å². The summed E-state index contributed by atoms with van der Waals surface area (Å²) < 4.78 is 0. The molecule has 0 bridgehead atoms. The summed E-state index contributed by atoms with van der Waals surface area (Å²) in [6, 6.07) is 7.63. The Morgan fingerprint density at radius 2 is 2.22 bits per heavy atom. The van der Waals surface area contributed by atoms with Gasteiger partial charge >= 0.3 is 0 Å². The fourth-order valence-corrected chi connectivity index (χ4v) is 1.69. The molecule has 0 saturated carbocycles. The van der Waals surface area contributed by atoms with Gasteiger partial charge in [0.25, 0.3) is 0 Å². The molecular formula is C13H14N4S. The van der Waals surface area contributed by atoms with Gasteiger partial charge in [-0.25, -0.2) is 4.98 Å². The zero-order valence-electron chi connectivity index (χ0n) is 9.84. The van der Waals surface area contributed by atoms with Crippen molar-refractivity contribution in [1.29, 1.82) is 0 Å². The number of pyridine rings is 2. The van der Waals surface area contributed by atoms with Crippen molar-refractivity contribution in [2.24, 2.45) is 5.73 Å². The van der Waals surface area contributed by atoms with Gasteiger partial charge in [-0.15, -0.1) is 0 Å². The molecule has 0 aromatic carbocycles. The normalized spacial score (nSPS) is 10.0. The quantitative estimate of drug-likeness (QED) is 0.800. The monoisotopic (exact) mass is 258 g/mol. The van der Waals surface area contributed by atoms with E-state index in [4.69, 9.17) is 18.0 Å². The van der Waals surface area contributed by atoms with Crippen LogP contribution in [-0.2, 0) is 6.42 Å². The summed E-state index contributed by atoms with van der Waals surface area (Å²) in [5.74, 6) is 0.782. The Kier molecular flexibility index (Phi) is 4.20. The first-order valence-corrected chi connectivity index (χ1v) is 6.05. The molecule has 0 atom stereocenters. The zero-order chi connectivity index (χ0) is 12.8. The average molecular weight is 258 g/mol. The van der Waals surface area contributed by atoms with Gasteiger partial charge in [-0.2, -0.15) is 0 Å². The van der Waals surface area contributed by atoms with E-state index in [1.165, 1.54) is 5.56 Å². The first-order chi connectivity index (χ1) is 8.75. The van der Waals surface area contributed by atoms with Crippen molar-refractivity contribution in [3.8, 4) is 0 Å². The molecule has 0 aliphatic heterocycles. The van der Waals surface area contributed by atoms with Crippen LogP contribution in [0.2, 0.25) is 0 Å². The third-order valence-electron chi connectivity index (χ3n) is 2.49. The van der Waals surface area contributed by atoms with Crippen LogP contribution < -0.4 is 11.1 Å². The van der Waals surface area contributed by atoms with E-state index >= 15 is 0 Å². The Morgan fingerprint density at radius 1 is 1.33 bits per heavy atom. The number of hydrogen-bond acceptors (Lipinski definition) is 4. The lowest BCUT2D eigenvalue weighted by atomic mass is 10.2. The molecule has 18 heavy (non-hydrogen) atoms. The average Bonchev–Trinajstić information content (AvgIpc) is 2.40. The van der Waals surface area contributed by atoms with Gasteiger partial charge in [-0.1, -0.05) is 18.3 Å². The highest BCUT2D eigenvalue weighted by Crippen LogP contribution is 2.07. The highest BCUT2D eigenvalue weighted by molar-refractivity contribution is 7.80. The molecular weight excluding hydrogens is 244 g/mol. The fraction of sp³-hybridized carbons (Fsp3) is 0.154. The fourth-order valence-electron chi connectivity index (χ4n) is 1.56. The standard InChI is InChI=1S/C13H14N4S/c14-13(18)11-4-7-17-12(8-11)16-6-3-10-2-1-5-15-9-10/h1-2,4-5,7-9H,3,6H2,(H2,14,18)(H,16,17). The third kappa shape index (κ3) is 3.49. The van der Waals surface area contributed by atoms with E-state index in [-0.39, 0.29) is 0 Å². The molecule has 0 saturated heterocycles. The number of aromatic nitrogens is 2. The number of thiocarbonyl (C=S) groups is 1. The van der Waals surface area contributed by atoms with Crippen molar-refractivity contribution < 1.29 is 0 Å². The Balaban J connectivity index is 1.90. The van der Waals surface area contributed by atoms with Crippen LogP contribution in [0.1, 0.15) is 11.1 Å². The Morgan fingerprint density at radius 3 is 2.94 bits per heavy atom. The van der Waals surface area contributed by atoms with Crippen LogP contribution in [0, 0.1) is 0 Å². The van der Waals surface area contributed by atoms with E-state index in [0.717, 1.165) is 24.3 Å². The summed E-state index contributed by atoms with van der Waals surface area (Å²) >= 11 is 4.92. The summed E-state index contributed by atoms with van der Waals surface area (Å²) in [4.78, 5) is 8.66. The van der Waals surface area contributed by atoms with Gasteiger partial charge in [0.1, 0.15) is 10.8 Å². The minimum absolute atomic E-state index is 0.382. The van der Waals surface area contributed by atoms with E-state index < -0.39 is 0 Å². The Hall–Kier alpha value is -2.01. The minimum Gasteiger partial charge on any atom is -0.389 e. The maximum atomic E-state index is 5.57. The zero-order valence-corrected chi connectivity index (χ0v) is 10.7. The number of nitrogens with zero attached hydrogens (tertiary/aromatic N) is 2. The maximum Gasteiger partial charge on any atom is 0.126 e. The molecule has 3 N–H and O–H groups in total. The first kappa shape index (κ1) is 12.4. The number of anilines is 1. The van der Waals surface area contributed by atoms with Gasteiger partial charge in [0.2, 0.25) is 0 Å². The van der Waals surface area contributed by atoms with E-state index in [0.29, 0.717) is 4.99 Å². The second kappa shape index (κ2) is 6.07. The van der Waals surface area contributed by atoms with Crippen LogP contribution in [0.5, 0.6) is 0 Å². The summed E-state index contributed by atoms with van der Waals surface area (Å²) in [6.45, 7) is 0.791. The predicted molar refractivity (Wildman–Crippen MR) is 76.6 cm³/mol. The van der Waals surface area contributed by atoms with Crippen molar-refractivity contribution in [3.63, 3.8) is 0 Å². The van der Waals surface area contributed by atoms with Gasteiger partial charge in [0, 0.05) is 30.7 Å². The lowest BCUT2D eigenvalue weighted by Crippen LogP contribution is -2.11. The highest BCUT2D eigenvalue weighted by Gasteiger charge is 1.99. The lowest BCUT2D eigenvalue weighted by molar-refractivity contribution is 0.994. The molecule has 0 unspecified atom stereocenters. The molecule has 92 valence electrons. The van der Waals surface area contributed by atoms with Crippen molar-refractivity contribution >= 4 is 23.0 Å². The van der Waals surface area contributed by atoms with Gasteiger partial charge in [0.05, 0.1) is 0 Å². The molecule has 2 heterocycles. The van der Waals surface area contributed by atoms with Crippen molar-refractivity contribution in [1.82, 2.24) is 9.97 Å². The molecule has 5 heteroatoms. The van der Waals surface area contributed by atoms with Crippen LogP contribution >= 0.6 is 12.2 Å². The Labute approximate surface area is 111 Å². The third-order valence-corrected chi connectivity index (χ3v) is 2.72. The molecule has 0 amide bonds. The van der Waals surface area contributed by atoms with Crippen LogP contribution in [0.15, 0.2) is 42.9 Å². The van der Waals surface area contributed by atoms with Crippen LogP contribution in [-0.4, -0.2) is 21.5 Å². The first-order valence-electron chi connectivity index (χ1n) is 5.64. The lowest BCUT2D eigenvalue weighted by Gasteiger charge is -2.06. The summed E-state index contributed by atoms with van der Waals surface area (Å²) in [5, 5.41) is 3.23. The van der Waals surface area contributed by atoms with E-state index in [2.05, 4.69) is 15.3 Å². The van der Waals surface area contributed by atoms with E-state index in [1.807, 2.05) is 24.4 Å². The Bertz CT molecular complexity index is 528. The molecule has 2 rings (SSSR count). The molecule has 0 radical (unpaired) electrons. The number of nitrogens with two attached hydrogens (primary N) is 1. The van der Waals surface area contributed by atoms with Crippen LogP contribution in [0.25, 0.3) is 0 Å². The highest BCUT2D eigenvalue weighted by atomic mass is 32.1. The molecule has 0 fully saturated rings. The topological polar surface area (TPSA) is 63.8 Å². The minimum atomic E-state index is 0.382. The van der Waals surface area contributed by atoms with Crippen molar-refractivity contribution in [3.05, 3.63) is 54.0 Å². The SMILES string of the molecule is NC(=S)c1ccnc(NCCc2cccnc2)c1. The van der Waals surface area contributed by atoms with Gasteiger partial charge in [-0.3, -0.25) is 4.98 Å². The summed E-state index contributed by atoms with van der Waals surface area (Å²) in [5.41, 5.74) is 7.58. The second-order valence-corrected chi connectivity index (χ2v) is 4.27. The number of hydrogen-bond donors (Lipinski definition) is 2. The van der Waals surface area contributed by atoms with Gasteiger partial charge in [-0.05, 0) is 30.2 Å². The molecule has 2 aromatic heterocycles. The molecule has 0 aliphatic carbocycles. The van der Waals surface area contributed by atoms with Crippen molar-refractivity contribution in [2.75, 3.05) is 11.9 Å². The van der Waals surface area contributed by atoms with Crippen LogP contribution in [0.3, 0.4) is 0 Å². The summed E-state index contributed by atoms with van der Waals surface area (Å²) in [6.07, 6.45) is 6.22. The second-order valence-electron chi connectivity index (χ2n) is 3.83. The number of rotatable bonds is 5. The summed E-state index contributed by atoms with van der Waals surface area (Å²) in [7, 11) is 0. The molecule has 0 aliphatic rings. The van der Waals surface area contributed by atoms with Gasteiger partial charge in [0.15, 0.2) is 0 Å². The number of nitrogens with one attached hydrogen (secondary N) is 1. The smallest absolute Gasteiger partial charge is 0.126 e. The van der Waals surface area contributed by atoms with E-state index in [1.54, 1.807) is 18.5 Å². The molecule has 4 nitrogen and oxygen atoms in total. The molecule has 0 spiro atoms. The van der Waals surface area contributed by atoms with Gasteiger partial charge < -0.3 is 11.1 Å². The van der Waals surface area contributed by atoms with E-state index in [9.17, 15) is 0 Å². The van der Waals surface area contributed by atoms with Crippen molar-refractivity contribution in [2.45, 2.75) is 6.42 Å². The largest absolute Gasteiger partial charge is 0.389 e. The maximum absolute atomic E-state index is 5.57. The predicted octanol–water partition coefficient (Wildman–Crippen LogP) is 1.77.